The van der Waals surface area contributed by atoms with E-state index in [0.717, 1.165) is 15.6 Å². The molecule has 2 rings (SSSR count). The van der Waals surface area contributed by atoms with Gasteiger partial charge in [-0.15, -0.1) is 0 Å². The number of para-hydroxylation sites is 1. The predicted molar refractivity (Wildman–Crippen MR) is 94.3 cm³/mol. The molecule has 6 nitrogen and oxygen atoms in total. The normalized spacial score (nSPS) is 11.4. The number of carbonyl (C=O) groups excluding carboxylic acids is 1. The van der Waals surface area contributed by atoms with Crippen molar-refractivity contribution in [3.05, 3.63) is 59.2 Å². The third-order valence-corrected chi connectivity index (χ3v) is 5.68. The van der Waals surface area contributed by atoms with Gasteiger partial charge in [0.05, 0.1) is 10.6 Å². The Balaban J connectivity index is 2.31. The molecule has 0 heterocycles. The van der Waals surface area contributed by atoms with Crippen LogP contribution in [0, 0.1) is 13.8 Å². The van der Waals surface area contributed by atoms with E-state index in [1.54, 1.807) is 19.9 Å². The Hall–Kier alpha value is -2.38. The number of hydrogen-bond acceptors (Lipinski definition) is 4. The van der Waals surface area contributed by atoms with Crippen molar-refractivity contribution >= 4 is 21.6 Å². The maximum Gasteiger partial charge on any atom is 0.269 e. The van der Waals surface area contributed by atoms with Gasteiger partial charge in [-0.25, -0.2) is 12.7 Å². The molecule has 0 radical (unpaired) electrons. The summed E-state index contributed by atoms with van der Waals surface area (Å²) >= 11 is 0. The number of amides is 1. The molecule has 24 heavy (non-hydrogen) atoms. The second kappa shape index (κ2) is 7.02. The highest BCUT2D eigenvalue weighted by Crippen LogP contribution is 2.23. The van der Waals surface area contributed by atoms with Gasteiger partial charge in [0.2, 0.25) is 10.0 Å². The monoisotopic (exact) mass is 347 g/mol. The lowest BCUT2D eigenvalue weighted by Gasteiger charge is -2.17. The summed E-state index contributed by atoms with van der Waals surface area (Å²) in [6.07, 6.45) is 0. The van der Waals surface area contributed by atoms with E-state index < -0.39 is 15.9 Å². The third kappa shape index (κ3) is 3.74. The van der Waals surface area contributed by atoms with Crippen LogP contribution in [0.1, 0.15) is 21.5 Å². The summed E-state index contributed by atoms with van der Waals surface area (Å²) in [6, 6.07) is 12.2. The predicted octanol–water partition coefficient (Wildman–Crippen LogP) is 2.31. The van der Waals surface area contributed by atoms with Crippen LogP contribution >= 0.6 is 0 Å². The summed E-state index contributed by atoms with van der Waals surface area (Å²) in [7, 11) is -0.688. The third-order valence-electron chi connectivity index (χ3n) is 3.73. The lowest BCUT2D eigenvalue weighted by Crippen LogP contribution is -2.30. The molecular formula is C17H21N3O3S. The Morgan fingerprint density at radius 1 is 1.04 bits per heavy atom. The Labute approximate surface area is 142 Å². The summed E-state index contributed by atoms with van der Waals surface area (Å²) in [5, 5.41) is 0. The molecule has 128 valence electrons. The molecule has 0 aliphatic rings. The van der Waals surface area contributed by atoms with Crippen LogP contribution in [0.5, 0.6) is 0 Å². The SMILES string of the molecule is Cc1cc(C(=O)NNc2ccccc2)cc(S(=O)(=O)N(C)C)c1C. The molecule has 2 aromatic rings. The van der Waals surface area contributed by atoms with Gasteiger partial charge < -0.3 is 0 Å². The second-order valence-corrected chi connectivity index (χ2v) is 7.77. The van der Waals surface area contributed by atoms with Crippen molar-refractivity contribution in [1.82, 2.24) is 9.73 Å². The first kappa shape index (κ1) is 18.0. The van der Waals surface area contributed by atoms with Crippen LogP contribution in [0.2, 0.25) is 0 Å². The number of nitrogens with zero attached hydrogens (tertiary/aromatic N) is 1. The van der Waals surface area contributed by atoms with Crippen molar-refractivity contribution < 1.29 is 13.2 Å². The summed E-state index contributed by atoms with van der Waals surface area (Å²) < 4.78 is 26.0. The van der Waals surface area contributed by atoms with Crippen LogP contribution in [-0.2, 0) is 10.0 Å². The van der Waals surface area contributed by atoms with Crippen LogP contribution in [0.15, 0.2) is 47.4 Å². The van der Waals surface area contributed by atoms with Crippen LogP contribution in [0.4, 0.5) is 5.69 Å². The standard InChI is InChI=1S/C17H21N3O3S/c1-12-10-14(11-16(13(12)2)24(22,23)20(3)4)17(21)19-18-15-8-6-5-7-9-15/h5-11,18H,1-4H3,(H,19,21). The minimum atomic E-state index is -3.62. The van der Waals surface area contributed by atoms with Gasteiger partial charge in [0.25, 0.3) is 5.91 Å². The number of benzene rings is 2. The van der Waals surface area contributed by atoms with E-state index in [9.17, 15) is 13.2 Å². The summed E-state index contributed by atoms with van der Waals surface area (Å²) in [6.45, 7) is 3.51. The molecule has 0 spiro atoms. The minimum Gasteiger partial charge on any atom is -0.298 e. The molecule has 0 bridgehead atoms. The van der Waals surface area contributed by atoms with Crippen molar-refractivity contribution in [2.45, 2.75) is 18.7 Å². The van der Waals surface area contributed by atoms with Crippen LogP contribution in [-0.4, -0.2) is 32.7 Å². The molecule has 0 aromatic heterocycles. The lowest BCUT2D eigenvalue weighted by molar-refractivity contribution is 0.0962. The summed E-state index contributed by atoms with van der Waals surface area (Å²) in [5.41, 5.74) is 7.76. The van der Waals surface area contributed by atoms with Gasteiger partial charge in [0.1, 0.15) is 0 Å². The number of hydrogen-bond donors (Lipinski definition) is 2. The van der Waals surface area contributed by atoms with Gasteiger partial charge in [0.15, 0.2) is 0 Å². The molecular weight excluding hydrogens is 326 g/mol. The van der Waals surface area contributed by atoms with Gasteiger partial charge in [-0.05, 0) is 49.2 Å². The zero-order valence-electron chi connectivity index (χ0n) is 14.1. The summed E-state index contributed by atoms with van der Waals surface area (Å²) in [5.74, 6) is -0.405. The van der Waals surface area contributed by atoms with E-state index in [-0.39, 0.29) is 10.5 Å². The van der Waals surface area contributed by atoms with Gasteiger partial charge in [-0.2, -0.15) is 0 Å². The largest absolute Gasteiger partial charge is 0.298 e. The van der Waals surface area contributed by atoms with Crippen molar-refractivity contribution in [3.8, 4) is 0 Å². The molecule has 7 heteroatoms. The van der Waals surface area contributed by atoms with Crippen molar-refractivity contribution in [2.24, 2.45) is 0 Å². The molecule has 0 fully saturated rings. The highest BCUT2D eigenvalue weighted by Gasteiger charge is 2.22. The van der Waals surface area contributed by atoms with Crippen molar-refractivity contribution in [2.75, 3.05) is 19.5 Å². The van der Waals surface area contributed by atoms with Crippen LogP contribution in [0.3, 0.4) is 0 Å². The first-order valence-corrected chi connectivity index (χ1v) is 8.82. The van der Waals surface area contributed by atoms with Gasteiger partial charge in [-0.1, -0.05) is 18.2 Å². The number of sulfonamides is 1. The number of carbonyl (C=O) groups is 1. The Morgan fingerprint density at radius 2 is 1.67 bits per heavy atom. The number of nitrogens with one attached hydrogen (secondary N) is 2. The maximum absolute atomic E-state index is 12.4. The lowest BCUT2D eigenvalue weighted by atomic mass is 10.1. The molecule has 0 aliphatic heterocycles. The summed E-state index contributed by atoms with van der Waals surface area (Å²) in [4.78, 5) is 12.5. The maximum atomic E-state index is 12.4. The average molecular weight is 347 g/mol. The Bertz CT molecular complexity index is 847. The molecule has 0 atom stereocenters. The fraction of sp³-hybridized carbons (Fsp3) is 0.235. The van der Waals surface area contributed by atoms with Crippen LogP contribution < -0.4 is 10.9 Å². The molecule has 0 aliphatic carbocycles. The topological polar surface area (TPSA) is 78.5 Å². The first-order valence-electron chi connectivity index (χ1n) is 7.38. The van der Waals surface area contributed by atoms with Crippen molar-refractivity contribution in [1.29, 1.82) is 0 Å². The smallest absolute Gasteiger partial charge is 0.269 e. The number of anilines is 1. The van der Waals surface area contributed by atoms with E-state index in [1.807, 2.05) is 30.3 Å². The van der Waals surface area contributed by atoms with Gasteiger partial charge in [-0.3, -0.25) is 15.6 Å². The number of hydrazine groups is 1. The highest BCUT2D eigenvalue weighted by atomic mass is 32.2. The van der Waals surface area contributed by atoms with E-state index >= 15 is 0 Å². The Kier molecular flexibility index (Phi) is 5.26. The number of rotatable bonds is 5. The zero-order valence-corrected chi connectivity index (χ0v) is 14.9. The zero-order chi connectivity index (χ0) is 17.9. The van der Waals surface area contributed by atoms with E-state index in [4.69, 9.17) is 0 Å². The quantitative estimate of drug-likeness (QED) is 0.814. The molecule has 2 aromatic carbocycles. The second-order valence-electron chi connectivity index (χ2n) is 5.65. The van der Waals surface area contributed by atoms with E-state index in [0.29, 0.717) is 5.56 Å². The number of aryl methyl sites for hydroxylation is 1. The van der Waals surface area contributed by atoms with Crippen molar-refractivity contribution in [3.63, 3.8) is 0 Å². The molecule has 1 amide bonds. The minimum absolute atomic E-state index is 0.136. The fourth-order valence-electron chi connectivity index (χ4n) is 2.15. The van der Waals surface area contributed by atoms with Gasteiger partial charge >= 0.3 is 0 Å². The Morgan fingerprint density at radius 3 is 2.25 bits per heavy atom. The van der Waals surface area contributed by atoms with E-state index in [1.165, 1.54) is 20.2 Å². The van der Waals surface area contributed by atoms with Crippen LogP contribution in [0.25, 0.3) is 0 Å². The average Bonchev–Trinajstić information content (AvgIpc) is 2.55. The van der Waals surface area contributed by atoms with E-state index in [2.05, 4.69) is 10.9 Å². The molecule has 2 N–H and O–H groups in total. The first-order chi connectivity index (χ1) is 11.2. The fourth-order valence-corrected chi connectivity index (χ4v) is 3.36. The molecule has 0 saturated heterocycles. The molecule has 0 unspecified atom stereocenters. The van der Waals surface area contributed by atoms with Gasteiger partial charge in [0, 0.05) is 19.7 Å². The highest BCUT2D eigenvalue weighted by molar-refractivity contribution is 7.89. The molecule has 0 saturated carbocycles.